The summed E-state index contributed by atoms with van der Waals surface area (Å²) in [5, 5.41) is 9.78. The van der Waals surface area contributed by atoms with Gasteiger partial charge in [-0.3, -0.25) is 0 Å². The van der Waals surface area contributed by atoms with Crippen LogP contribution in [0.2, 0.25) is 0 Å². The topological polar surface area (TPSA) is 70.1 Å². The van der Waals surface area contributed by atoms with Crippen molar-refractivity contribution in [3.05, 3.63) is 59.4 Å². The predicted octanol–water partition coefficient (Wildman–Crippen LogP) is 3.34. The molecule has 1 aliphatic carbocycles. The van der Waals surface area contributed by atoms with Gasteiger partial charge in [0.15, 0.2) is 0 Å². The van der Waals surface area contributed by atoms with E-state index in [1.807, 2.05) is 6.92 Å². The van der Waals surface area contributed by atoms with Crippen LogP contribution in [0.4, 0.5) is 4.39 Å². The second kappa shape index (κ2) is 10.7. The molecule has 1 aliphatic heterocycles. The number of nitrogens with zero attached hydrogens (tertiary/aromatic N) is 2. The van der Waals surface area contributed by atoms with Crippen LogP contribution in [-0.4, -0.2) is 68.2 Å². The molecule has 2 aromatic rings. The summed E-state index contributed by atoms with van der Waals surface area (Å²) < 4.78 is 48.4. The number of fused-ring (bicyclic) bond motifs is 1. The Bertz CT molecular complexity index is 1220. The summed E-state index contributed by atoms with van der Waals surface area (Å²) in [6, 6.07) is 10.2. The maximum atomic E-state index is 13.6. The van der Waals surface area contributed by atoms with Crippen molar-refractivity contribution in [2.75, 3.05) is 33.3 Å². The lowest BCUT2D eigenvalue weighted by atomic mass is 10.0. The third kappa shape index (κ3) is 6.22. The zero-order valence-electron chi connectivity index (χ0n) is 20.4. The molecule has 1 fully saturated rings. The number of hydrogen-bond donors (Lipinski definition) is 1. The van der Waals surface area contributed by atoms with E-state index in [-0.39, 0.29) is 41.6 Å². The largest absolute Gasteiger partial charge is 0.487 e. The van der Waals surface area contributed by atoms with Crippen LogP contribution in [-0.2, 0) is 10.0 Å². The number of sulfonamides is 1. The lowest BCUT2D eigenvalue weighted by Crippen LogP contribution is -2.49. The minimum atomic E-state index is -3.90. The van der Waals surface area contributed by atoms with Gasteiger partial charge < -0.3 is 14.7 Å². The summed E-state index contributed by atoms with van der Waals surface area (Å²) in [6.45, 7) is 5.34. The highest BCUT2D eigenvalue weighted by Crippen LogP contribution is 2.35. The van der Waals surface area contributed by atoms with E-state index in [1.165, 1.54) is 35.3 Å². The molecule has 3 atom stereocenters. The number of hydrogen-bond acceptors (Lipinski definition) is 5. The predicted molar refractivity (Wildman–Crippen MR) is 133 cm³/mol. The van der Waals surface area contributed by atoms with Crippen molar-refractivity contribution in [1.29, 1.82) is 0 Å². The van der Waals surface area contributed by atoms with Gasteiger partial charge in [-0.15, -0.1) is 0 Å². The second-order valence-corrected chi connectivity index (χ2v) is 11.7. The monoisotopic (exact) mass is 500 g/mol. The smallest absolute Gasteiger partial charge is 0.247 e. The SMILES string of the molecule is C[C@H]1CN([C@@H](C)CO)S(=O)(=O)c2ccc(C#Cc3cccc(F)c3)cc2O[C@H]1CN(C)CC1CC1. The summed E-state index contributed by atoms with van der Waals surface area (Å²) in [7, 11) is -1.83. The Morgan fingerprint density at radius 3 is 2.54 bits per heavy atom. The van der Waals surface area contributed by atoms with Gasteiger partial charge >= 0.3 is 0 Å². The van der Waals surface area contributed by atoms with E-state index in [1.54, 1.807) is 31.2 Å². The van der Waals surface area contributed by atoms with E-state index in [2.05, 4.69) is 23.8 Å². The Balaban J connectivity index is 1.71. The fourth-order valence-electron chi connectivity index (χ4n) is 4.35. The van der Waals surface area contributed by atoms with E-state index >= 15 is 0 Å². The lowest BCUT2D eigenvalue weighted by Gasteiger charge is -2.37. The molecule has 2 aromatic carbocycles. The summed E-state index contributed by atoms with van der Waals surface area (Å²) in [6.07, 6.45) is 2.26. The van der Waals surface area contributed by atoms with Gasteiger partial charge in [-0.1, -0.05) is 24.8 Å². The van der Waals surface area contributed by atoms with Gasteiger partial charge in [-0.25, -0.2) is 12.8 Å². The summed E-state index contributed by atoms with van der Waals surface area (Å²) in [5.41, 5.74) is 1.10. The van der Waals surface area contributed by atoms with Crippen LogP contribution in [0.25, 0.3) is 0 Å². The molecule has 0 aromatic heterocycles. The summed E-state index contributed by atoms with van der Waals surface area (Å²) in [5.74, 6) is 6.43. The normalized spacial score (nSPS) is 22.8. The van der Waals surface area contributed by atoms with Crippen LogP contribution in [0.1, 0.15) is 37.8 Å². The molecule has 8 heteroatoms. The molecule has 2 aliphatic rings. The Kier molecular flexibility index (Phi) is 7.82. The third-order valence-corrected chi connectivity index (χ3v) is 8.62. The highest BCUT2D eigenvalue weighted by molar-refractivity contribution is 7.89. The van der Waals surface area contributed by atoms with Gasteiger partial charge in [-0.2, -0.15) is 4.31 Å². The molecule has 0 bridgehead atoms. The number of likely N-dealkylation sites (N-methyl/N-ethyl adjacent to an activating group) is 1. The highest BCUT2D eigenvalue weighted by atomic mass is 32.2. The van der Waals surface area contributed by atoms with Gasteiger partial charge in [0.25, 0.3) is 0 Å². The zero-order chi connectivity index (χ0) is 25.2. The van der Waals surface area contributed by atoms with Crippen molar-refractivity contribution in [1.82, 2.24) is 9.21 Å². The number of aliphatic hydroxyl groups is 1. The van der Waals surface area contributed by atoms with Gasteiger partial charge in [0, 0.05) is 42.7 Å². The van der Waals surface area contributed by atoms with Crippen molar-refractivity contribution in [2.45, 2.75) is 43.7 Å². The molecule has 35 heavy (non-hydrogen) atoms. The quantitative estimate of drug-likeness (QED) is 0.617. The van der Waals surface area contributed by atoms with E-state index < -0.39 is 16.1 Å². The molecule has 0 spiro atoms. The molecule has 188 valence electrons. The van der Waals surface area contributed by atoms with Gasteiger partial charge in [0.05, 0.1) is 6.61 Å². The number of aliphatic hydroxyl groups excluding tert-OH is 1. The van der Waals surface area contributed by atoms with Crippen LogP contribution >= 0.6 is 0 Å². The molecule has 4 rings (SSSR count). The van der Waals surface area contributed by atoms with E-state index in [4.69, 9.17) is 4.74 Å². The molecule has 1 N–H and O–H groups in total. The van der Waals surface area contributed by atoms with Crippen LogP contribution < -0.4 is 4.74 Å². The van der Waals surface area contributed by atoms with Crippen molar-refractivity contribution in [2.24, 2.45) is 11.8 Å². The molecule has 0 saturated heterocycles. The molecular formula is C27H33FN2O4S. The highest BCUT2D eigenvalue weighted by Gasteiger charge is 2.38. The maximum absolute atomic E-state index is 13.6. The average molecular weight is 501 g/mol. The molecule has 0 amide bonds. The maximum Gasteiger partial charge on any atom is 0.247 e. The van der Waals surface area contributed by atoms with E-state index in [9.17, 15) is 17.9 Å². The first-order chi connectivity index (χ1) is 16.7. The molecule has 1 heterocycles. The Labute approximate surface area is 207 Å². The number of ether oxygens (including phenoxy) is 1. The van der Waals surface area contributed by atoms with Crippen molar-refractivity contribution in [3.63, 3.8) is 0 Å². The first-order valence-corrected chi connectivity index (χ1v) is 13.5. The van der Waals surface area contributed by atoms with Crippen LogP contribution in [0.15, 0.2) is 47.4 Å². The number of rotatable bonds is 6. The Hall–Kier alpha value is -2.44. The van der Waals surface area contributed by atoms with Gasteiger partial charge in [0.1, 0.15) is 22.6 Å². The van der Waals surface area contributed by atoms with Gasteiger partial charge in [0.2, 0.25) is 10.0 Å². The lowest BCUT2D eigenvalue weighted by molar-refractivity contribution is 0.0740. The fourth-order valence-corrected chi connectivity index (χ4v) is 6.18. The minimum absolute atomic E-state index is 0.0656. The van der Waals surface area contributed by atoms with Crippen molar-refractivity contribution in [3.8, 4) is 17.6 Å². The Morgan fingerprint density at radius 1 is 1.17 bits per heavy atom. The van der Waals surface area contributed by atoms with Crippen LogP contribution in [0.3, 0.4) is 0 Å². The summed E-state index contributed by atoms with van der Waals surface area (Å²) in [4.78, 5) is 2.32. The van der Waals surface area contributed by atoms with E-state index in [0.29, 0.717) is 17.7 Å². The van der Waals surface area contributed by atoms with Crippen molar-refractivity contribution >= 4 is 10.0 Å². The number of halogens is 1. The number of benzene rings is 2. The average Bonchev–Trinajstić information content (AvgIpc) is 3.63. The molecular weight excluding hydrogens is 467 g/mol. The molecule has 1 saturated carbocycles. The second-order valence-electron chi connectivity index (χ2n) is 9.83. The molecule has 0 unspecified atom stereocenters. The molecule has 6 nitrogen and oxygen atoms in total. The summed E-state index contributed by atoms with van der Waals surface area (Å²) >= 11 is 0. The first-order valence-electron chi connectivity index (χ1n) is 12.1. The standard InChI is InChI=1S/C27H33FN2O4S/c1-19-15-30(20(2)18-31)35(32,33)27-12-11-22(8-7-21-5-4-6-24(28)13-21)14-25(27)34-26(19)17-29(3)16-23-9-10-23/h4-6,11-14,19-20,23,26,31H,9-10,15-18H2,1-3H3/t19-,20-,26-/m0/s1. The van der Waals surface area contributed by atoms with Gasteiger partial charge in [-0.05, 0) is 69.1 Å². The first kappa shape index (κ1) is 25.6. The van der Waals surface area contributed by atoms with Crippen molar-refractivity contribution < 1.29 is 22.7 Å². The van der Waals surface area contributed by atoms with E-state index in [0.717, 1.165) is 12.5 Å². The molecule has 0 radical (unpaired) electrons. The van der Waals surface area contributed by atoms with Crippen LogP contribution in [0, 0.1) is 29.5 Å². The fraction of sp³-hybridized carbons (Fsp3) is 0.481. The Morgan fingerprint density at radius 2 is 1.89 bits per heavy atom. The van der Waals surface area contributed by atoms with Crippen LogP contribution in [0.5, 0.6) is 5.75 Å². The minimum Gasteiger partial charge on any atom is -0.487 e. The zero-order valence-corrected chi connectivity index (χ0v) is 21.3. The third-order valence-electron chi connectivity index (χ3n) is 6.60.